The molecule has 0 saturated carbocycles. The highest BCUT2D eigenvalue weighted by Gasteiger charge is 2.25. The molecule has 0 aromatic heterocycles. The molecule has 1 rings (SSSR count). The Balaban J connectivity index is 2.97. The Hall–Kier alpha value is -1.65. The molecule has 0 aliphatic rings. The molecule has 1 atom stereocenters. The third-order valence-corrected chi connectivity index (χ3v) is 3.42. The Morgan fingerprint density at radius 1 is 1.24 bits per heavy atom. The number of benzene rings is 1. The van der Waals surface area contributed by atoms with Gasteiger partial charge in [-0.25, -0.2) is 8.78 Å². The summed E-state index contributed by atoms with van der Waals surface area (Å²) in [5.74, 6) is -2.77. The van der Waals surface area contributed by atoms with E-state index in [1.807, 2.05) is 0 Å². The molecular formula is C16H23F2NO2. The normalized spacial score (nSPS) is 12.2. The number of unbranched alkanes of at least 4 members (excludes halogenated alkanes) is 3. The first-order valence-corrected chi connectivity index (χ1v) is 7.42. The molecule has 1 aromatic carbocycles. The molecule has 0 radical (unpaired) electrons. The van der Waals surface area contributed by atoms with Gasteiger partial charge in [0, 0.05) is 6.07 Å². The standard InChI is InChI=1S/C16H23F2NO2/c1-3-5-6-7-8-12(16(20)21-4-2)13-9-11(17)10-14(18)15(13)19/h9-10,12H,3-8,19H2,1-2H3. The number of nitrogens with two attached hydrogens (primary N) is 1. The number of hydrogen-bond donors (Lipinski definition) is 1. The van der Waals surface area contributed by atoms with Crippen molar-refractivity contribution >= 4 is 11.7 Å². The van der Waals surface area contributed by atoms with Crippen molar-refractivity contribution < 1.29 is 18.3 Å². The molecule has 0 saturated heterocycles. The van der Waals surface area contributed by atoms with Crippen molar-refractivity contribution in [2.45, 2.75) is 51.9 Å². The number of ether oxygens (including phenoxy) is 1. The summed E-state index contributed by atoms with van der Waals surface area (Å²) in [6.07, 6.45) is 4.36. The minimum atomic E-state index is -0.840. The number of esters is 1. The number of carbonyl (C=O) groups excluding carboxylic acids is 1. The molecule has 0 aliphatic heterocycles. The highest BCUT2D eigenvalue weighted by Crippen LogP contribution is 2.31. The Bertz CT molecular complexity index is 478. The van der Waals surface area contributed by atoms with E-state index >= 15 is 0 Å². The van der Waals surface area contributed by atoms with Gasteiger partial charge in [0.05, 0.1) is 18.2 Å². The molecule has 0 bridgehead atoms. The molecule has 2 N–H and O–H groups in total. The number of anilines is 1. The van der Waals surface area contributed by atoms with E-state index in [1.54, 1.807) is 6.92 Å². The lowest BCUT2D eigenvalue weighted by atomic mass is 9.91. The first-order valence-electron chi connectivity index (χ1n) is 7.42. The minimum Gasteiger partial charge on any atom is -0.466 e. The van der Waals surface area contributed by atoms with E-state index in [0.717, 1.165) is 37.8 Å². The maximum atomic E-state index is 13.6. The van der Waals surface area contributed by atoms with Gasteiger partial charge in [-0.1, -0.05) is 32.6 Å². The van der Waals surface area contributed by atoms with E-state index in [2.05, 4.69) is 6.92 Å². The van der Waals surface area contributed by atoms with Crippen LogP contribution >= 0.6 is 0 Å². The summed E-state index contributed by atoms with van der Waals surface area (Å²) < 4.78 is 32.0. The van der Waals surface area contributed by atoms with Gasteiger partial charge in [-0.05, 0) is 25.0 Å². The molecule has 1 aromatic rings. The summed E-state index contributed by atoms with van der Waals surface area (Å²) in [6, 6.07) is 1.85. The zero-order valence-electron chi connectivity index (χ0n) is 12.6. The molecule has 0 aliphatic carbocycles. The van der Waals surface area contributed by atoms with Crippen molar-refractivity contribution in [1.82, 2.24) is 0 Å². The van der Waals surface area contributed by atoms with Gasteiger partial charge in [0.2, 0.25) is 0 Å². The summed E-state index contributed by atoms with van der Waals surface area (Å²) in [7, 11) is 0. The average Bonchev–Trinajstić information content (AvgIpc) is 2.43. The van der Waals surface area contributed by atoms with E-state index in [-0.39, 0.29) is 17.9 Å². The van der Waals surface area contributed by atoms with Crippen molar-refractivity contribution in [3.05, 3.63) is 29.3 Å². The Labute approximate surface area is 124 Å². The van der Waals surface area contributed by atoms with Gasteiger partial charge in [-0.15, -0.1) is 0 Å². The topological polar surface area (TPSA) is 52.3 Å². The van der Waals surface area contributed by atoms with Crippen LogP contribution in [0.1, 0.15) is 57.4 Å². The van der Waals surface area contributed by atoms with Crippen LogP contribution in [0.4, 0.5) is 14.5 Å². The van der Waals surface area contributed by atoms with Crippen molar-refractivity contribution in [3.63, 3.8) is 0 Å². The predicted octanol–water partition coefficient (Wildman–Crippen LogP) is 4.16. The number of carbonyl (C=O) groups is 1. The van der Waals surface area contributed by atoms with Crippen LogP contribution in [0.15, 0.2) is 12.1 Å². The third kappa shape index (κ3) is 4.99. The van der Waals surface area contributed by atoms with Crippen molar-refractivity contribution in [1.29, 1.82) is 0 Å². The van der Waals surface area contributed by atoms with E-state index in [0.29, 0.717) is 6.42 Å². The summed E-state index contributed by atoms with van der Waals surface area (Å²) in [5, 5.41) is 0. The quantitative estimate of drug-likeness (QED) is 0.445. The molecule has 1 unspecified atom stereocenters. The highest BCUT2D eigenvalue weighted by molar-refractivity contribution is 5.80. The summed E-state index contributed by atoms with van der Waals surface area (Å²) >= 11 is 0. The number of halogens is 2. The van der Waals surface area contributed by atoms with E-state index in [1.165, 1.54) is 0 Å². The lowest BCUT2D eigenvalue weighted by Crippen LogP contribution is -2.18. The van der Waals surface area contributed by atoms with Crippen molar-refractivity contribution in [2.75, 3.05) is 12.3 Å². The van der Waals surface area contributed by atoms with E-state index in [4.69, 9.17) is 10.5 Å². The second kappa shape index (κ2) is 8.60. The second-order valence-corrected chi connectivity index (χ2v) is 5.04. The van der Waals surface area contributed by atoms with Crippen molar-refractivity contribution in [3.8, 4) is 0 Å². The first-order chi connectivity index (χ1) is 10.0. The molecule has 0 fully saturated rings. The zero-order valence-corrected chi connectivity index (χ0v) is 12.6. The number of nitrogen functional groups attached to an aromatic ring is 1. The summed E-state index contributed by atoms with van der Waals surface area (Å²) in [4.78, 5) is 12.1. The zero-order chi connectivity index (χ0) is 15.8. The summed E-state index contributed by atoms with van der Waals surface area (Å²) in [6.45, 7) is 4.01. The molecule has 0 spiro atoms. The maximum Gasteiger partial charge on any atom is 0.313 e. The Morgan fingerprint density at radius 2 is 1.95 bits per heavy atom. The van der Waals surface area contributed by atoms with E-state index < -0.39 is 23.5 Å². The SMILES string of the molecule is CCCCCCC(C(=O)OCC)c1cc(F)cc(F)c1N. The fourth-order valence-electron chi connectivity index (χ4n) is 2.31. The van der Waals surface area contributed by atoms with Gasteiger partial charge in [-0.3, -0.25) is 4.79 Å². The number of rotatable bonds is 8. The Morgan fingerprint density at radius 3 is 2.57 bits per heavy atom. The average molecular weight is 299 g/mol. The minimum absolute atomic E-state index is 0.176. The molecule has 5 heteroatoms. The number of hydrogen-bond acceptors (Lipinski definition) is 3. The van der Waals surface area contributed by atoms with Crippen LogP contribution in [-0.4, -0.2) is 12.6 Å². The monoisotopic (exact) mass is 299 g/mol. The van der Waals surface area contributed by atoms with Crippen LogP contribution < -0.4 is 5.73 Å². The van der Waals surface area contributed by atoms with Crippen LogP contribution in [0.2, 0.25) is 0 Å². The lowest BCUT2D eigenvalue weighted by molar-refractivity contribution is -0.145. The molecule has 0 amide bonds. The maximum absolute atomic E-state index is 13.6. The van der Waals surface area contributed by atoms with Crippen LogP contribution in [0.25, 0.3) is 0 Å². The largest absolute Gasteiger partial charge is 0.466 e. The molecule has 118 valence electrons. The molecule has 21 heavy (non-hydrogen) atoms. The van der Waals surface area contributed by atoms with E-state index in [9.17, 15) is 13.6 Å². The van der Waals surface area contributed by atoms with Gasteiger partial charge < -0.3 is 10.5 Å². The second-order valence-electron chi connectivity index (χ2n) is 5.04. The third-order valence-electron chi connectivity index (χ3n) is 3.42. The molecular weight excluding hydrogens is 276 g/mol. The van der Waals surface area contributed by atoms with Crippen molar-refractivity contribution in [2.24, 2.45) is 0 Å². The Kier molecular flexibility index (Phi) is 7.12. The van der Waals surface area contributed by atoms with Crippen LogP contribution in [0.5, 0.6) is 0 Å². The summed E-state index contributed by atoms with van der Waals surface area (Å²) in [5.41, 5.74) is 5.67. The van der Waals surface area contributed by atoms with Gasteiger partial charge in [0.15, 0.2) is 0 Å². The first kappa shape index (κ1) is 17.4. The fourth-order valence-corrected chi connectivity index (χ4v) is 2.31. The van der Waals surface area contributed by atoms with Gasteiger partial charge in [0.1, 0.15) is 11.6 Å². The van der Waals surface area contributed by atoms with Crippen LogP contribution in [0, 0.1) is 11.6 Å². The predicted molar refractivity (Wildman–Crippen MR) is 78.9 cm³/mol. The fraction of sp³-hybridized carbons (Fsp3) is 0.562. The van der Waals surface area contributed by atoms with Gasteiger partial charge in [0.25, 0.3) is 0 Å². The highest BCUT2D eigenvalue weighted by atomic mass is 19.1. The lowest BCUT2D eigenvalue weighted by Gasteiger charge is -2.18. The van der Waals surface area contributed by atoms with Crippen LogP contribution in [0.3, 0.4) is 0 Å². The van der Waals surface area contributed by atoms with Gasteiger partial charge >= 0.3 is 5.97 Å². The van der Waals surface area contributed by atoms with Crippen LogP contribution in [-0.2, 0) is 9.53 Å². The smallest absolute Gasteiger partial charge is 0.313 e. The molecule has 3 nitrogen and oxygen atoms in total. The molecule has 0 heterocycles. The van der Waals surface area contributed by atoms with Gasteiger partial charge in [-0.2, -0.15) is 0 Å².